The Labute approximate surface area is 125 Å². The van der Waals surface area contributed by atoms with Crippen LogP contribution >= 0.6 is 12.4 Å². The smallest absolute Gasteiger partial charge is 0.225 e. The van der Waals surface area contributed by atoms with Crippen molar-refractivity contribution in [2.45, 2.75) is 19.8 Å². The van der Waals surface area contributed by atoms with Crippen LogP contribution in [-0.2, 0) is 11.2 Å². The third-order valence-electron chi connectivity index (χ3n) is 3.65. The highest BCUT2D eigenvalue weighted by molar-refractivity contribution is 5.85. The largest absolute Gasteiger partial charge is 0.340 e. The molecule has 1 saturated heterocycles. The molecule has 1 heterocycles. The van der Waals surface area contributed by atoms with E-state index < -0.39 is 0 Å². The Hall–Kier alpha value is -1.13. The molecule has 1 N–H and O–H groups in total. The van der Waals surface area contributed by atoms with Crippen LogP contribution in [0.25, 0.3) is 0 Å². The minimum atomic E-state index is -0.177. The van der Waals surface area contributed by atoms with Crippen molar-refractivity contribution >= 4 is 18.3 Å². The molecule has 1 aromatic rings. The van der Waals surface area contributed by atoms with Gasteiger partial charge in [0.1, 0.15) is 5.82 Å². The fourth-order valence-corrected chi connectivity index (χ4v) is 2.39. The summed E-state index contributed by atoms with van der Waals surface area (Å²) >= 11 is 0. The Morgan fingerprint density at radius 3 is 2.65 bits per heavy atom. The molecular weight excluding hydrogens is 279 g/mol. The van der Waals surface area contributed by atoms with E-state index in [1.165, 1.54) is 6.07 Å². The summed E-state index contributed by atoms with van der Waals surface area (Å²) in [4.78, 5) is 14.1. The van der Waals surface area contributed by atoms with Crippen LogP contribution in [0.4, 0.5) is 4.39 Å². The number of benzene rings is 1. The number of amides is 1. The Balaban J connectivity index is 0.00000200. The summed E-state index contributed by atoms with van der Waals surface area (Å²) in [5, 5.41) is 3.23. The van der Waals surface area contributed by atoms with Gasteiger partial charge in [-0.2, -0.15) is 0 Å². The summed E-state index contributed by atoms with van der Waals surface area (Å²) in [7, 11) is 0. The summed E-state index contributed by atoms with van der Waals surface area (Å²) in [5.41, 5.74) is 0.697. The maximum absolute atomic E-state index is 13.5. The van der Waals surface area contributed by atoms with Crippen LogP contribution in [-0.4, -0.2) is 37.0 Å². The van der Waals surface area contributed by atoms with Crippen molar-refractivity contribution < 1.29 is 9.18 Å². The molecule has 0 radical (unpaired) electrons. The van der Waals surface area contributed by atoms with Crippen molar-refractivity contribution in [2.75, 3.05) is 26.2 Å². The molecule has 1 aliphatic heterocycles. The van der Waals surface area contributed by atoms with Crippen LogP contribution in [0.1, 0.15) is 18.9 Å². The van der Waals surface area contributed by atoms with Gasteiger partial charge in [-0.3, -0.25) is 4.79 Å². The van der Waals surface area contributed by atoms with E-state index in [2.05, 4.69) is 5.32 Å². The molecule has 1 fully saturated rings. The Morgan fingerprint density at radius 1 is 1.35 bits per heavy atom. The zero-order valence-electron chi connectivity index (χ0n) is 11.8. The molecule has 1 aromatic carbocycles. The van der Waals surface area contributed by atoms with Crippen LogP contribution in [0.15, 0.2) is 24.3 Å². The number of carbonyl (C=O) groups excluding carboxylic acids is 1. The zero-order chi connectivity index (χ0) is 13.7. The number of nitrogens with one attached hydrogen (secondary N) is 1. The number of carbonyl (C=O) groups is 1. The van der Waals surface area contributed by atoms with Gasteiger partial charge in [0, 0.05) is 32.1 Å². The molecule has 3 nitrogen and oxygen atoms in total. The fourth-order valence-electron chi connectivity index (χ4n) is 2.39. The van der Waals surface area contributed by atoms with Crippen molar-refractivity contribution in [3.63, 3.8) is 0 Å². The standard InChI is InChI=1S/C15H21FN2O.ClH/c1-12(15(19)18-10-8-17-9-11-18)6-7-13-4-2-3-5-14(13)16;/h2-5,12,17H,6-11H2,1H3;1H. The second kappa shape index (κ2) is 8.22. The number of hydrogen-bond donors (Lipinski definition) is 1. The molecule has 1 unspecified atom stereocenters. The zero-order valence-corrected chi connectivity index (χ0v) is 12.6. The predicted octanol–water partition coefficient (Wildman–Crippen LogP) is 2.25. The number of hydrogen-bond acceptors (Lipinski definition) is 2. The third-order valence-corrected chi connectivity index (χ3v) is 3.65. The molecule has 20 heavy (non-hydrogen) atoms. The van der Waals surface area contributed by atoms with E-state index in [1.807, 2.05) is 17.9 Å². The summed E-state index contributed by atoms with van der Waals surface area (Å²) < 4.78 is 13.5. The van der Waals surface area contributed by atoms with Crippen molar-refractivity contribution in [1.82, 2.24) is 10.2 Å². The highest BCUT2D eigenvalue weighted by atomic mass is 35.5. The molecule has 2 rings (SSSR count). The third kappa shape index (κ3) is 4.46. The monoisotopic (exact) mass is 300 g/mol. The van der Waals surface area contributed by atoms with Crippen molar-refractivity contribution in [3.8, 4) is 0 Å². The number of rotatable bonds is 4. The molecular formula is C15H22ClFN2O. The molecule has 1 atom stereocenters. The Bertz CT molecular complexity index is 436. The predicted molar refractivity (Wildman–Crippen MR) is 80.6 cm³/mol. The average Bonchev–Trinajstić information content (AvgIpc) is 2.46. The summed E-state index contributed by atoms with van der Waals surface area (Å²) in [5.74, 6) is -0.0279. The second-order valence-electron chi connectivity index (χ2n) is 5.11. The first-order valence-corrected chi connectivity index (χ1v) is 6.91. The highest BCUT2D eigenvalue weighted by Gasteiger charge is 2.21. The van der Waals surface area contributed by atoms with E-state index in [0.29, 0.717) is 18.4 Å². The Morgan fingerprint density at radius 2 is 2.00 bits per heavy atom. The van der Waals surface area contributed by atoms with Crippen LogP contribution in [0.3, 0.4) is 0 Å². The van der Waals surface area contributed by atoms with E-state index in [1.54, 1.807) is 12.1 Å². The molecule has 0 bridgehead atoms. The van der Waals surface area contributed by atoms with Gasteiger partial charge in [-0.05, 0) is 24.5 Å². The van der Waals surface area contributed by atoms with E-state index in [4.69, 9.17) is 0 Å². The van der Waals surface area contributed by atoms with Crippen LogP contribution < -0.4 is 5.32 Å². The van der Waals surface area contributed by atoms with Gasteiger partial charge in [-0.1, -0.05) is 25.1 Å². The lowest BCUT2D eigenvalue weighted by atomic mass is 9.99. The summed E-state index contributed by atoms with van der Waals surface area (Å²) in [6, 6.07) is 6.78. The molecule has 1 amide bonds. The molecule has 0 aromatic heterocycles. The molecule has 5 heteroatoms. The van der Waals surface area contributed by atoms with E-state index >= 15 is 0 Å². The molecule has 1 aliphatic rings. The first-order valence-electron chi connectivity index (χ1n) is 6.91. The summed E-state index contributed by atoms with van der Waals surface area (Å²) in [6.07, 6.45) is 1.31. The van der Waals surface area contributed by atoms with E-state index in [-0.39, 0.29) is 30.0 Å². The highest BCUT2D eigenvalue weighted by Crippen LogP contribution is 2.15. The number of aryl methyl sites for hydroxylation is 1. The number of nitrogens with zero attached hydrogens (tertiary/aromatic N) is 1. The minimum absolute atomic E-state index is 0. The fraction of sp³-hybridized carbons (Fsp3) is 0.533. The minimum Gasteiger partial charge on any atom is -0.340 e. The molecule has 0 spiro atoms. The summed E-state index contributed by atoms with van der Waals surface area (Å²) in [6.45, 7) is 5.23. The van der Waals surface area contributed by atoms with Crippen LogP contribution in [0.2, 0.25) is 0 Å². The lowest BCUT2D eigenvalue weighted by molar-refractivity contribution is -0.135. The van der Waals surface area contributed by atoms with Crippen LogP contribution in [0.5, 0.6) is 0 Å². The van der Waals surface area contributed by atoms with Crippen molar-refractivity contribution in [3.05, 3.63) is 35.6 Å². The van der Waals surface area contributed by atoms with Gasteiger partial charge in [0.2, 0.25) is 5.91 Å². The number of piperazine rings is 1. The topological polar surface area (TPSA) is 32.3 Å². The maximum Gasteiger partial charge on any atom is 0.225 e. The van der Waals surface area contributed by atoms with Gasteiger partial charge in [0.05, 0.1) is 0 Å². The first kappa shape index (κ1) is 16.9. The van der Waals surface area contributed by atoms with Crippen molar-refractivity contribution in [2.24, 2.45) is 5.92 Å². The van der Waals surface area contributed by atoms with Gasteiger partial charge < -0.3 is 10.2 Å². The van der Waals surface area contributed by atoms with Crippen molar-refractivity contribution in [1.29, 1.82) is 0 Å². The lowest BCUT2D eigenvalue weighted by Gasteiger charge is -2.29. The van der Waals surface area contributed by atoms with E-state index in [9.17, 15) is 9.18 Å². The van der Waals surface area contributed by atoms with Gasteiger partial charge in [-0.25, -0.2) is 4.39 Å². The van der Waals surface area contributed by atoms with Crippen LogP contribution in [0, 0.1) is 11.7 Å². The SMILES string of the molecule is CC(CCc1ccccc1F)C(=O)N1CCNCC1.Cl. The lowest BCUT2D eigenvalue weighted by Crippen LogP contribution is -2.48. The van der Waals surface area contributed by atoms with Gasteiger partial charge >= 0.3 is 0 Å². The first-order chi connectivity index (χ1) is 9.18. The molecule has 0 aliphatic carbocycles. The van der Waals surface area contributed by atoms with E-state index in [0.717, 1.165) is 26.2 Å². The molecule has 112 valence electrons. The normalized spacial score (nSPS) is 16.4. The quantitative estimate of drug-likeness (QED) is 0.925. The average molecular weight is 301 g/mol. The number of halogens is 2. The second-order valence-corrected chi connectivity index (χ2v) is 5.11. The molecule has 0 saturated carbocycles. The Kier molecular flexibility index (Phi) is 6.96. The van der Waals surface area contributed by atoms with Gasteiger partial charge in [0.15, 0.2) is 0 Å². The maximum atomic E-state index is 13.5. The van der Waals surface area contributed by atoms with Gasteiger partial charge in [0.25, 0.3) is 0 Å². The van der Waals surface area contributed by atoms with Gasteiger partial charge in [-0.15, -0.1) is 12.4 Å².